The van der Waals surface area contributed by atoms with Gasteiger partial charge in [-0.1, -0.05) is 13.3 Å². The summed E-state index contributed by atoms with van der Waals surface area (Å²) in [5.74, 6) is 0.717. The molecule has 0 aliphatic carbocycles. The van der Waals surface area contributed by atoms with Gasteiger partial charge in [0.15, 0.2) is 5.82 Å². The molecule has 15 heavy (non-hydrogen) atoms. The lowest BCUT2D eigenvalue weighted by Crippen LogP contribution is -2.33. The van der Waals surface area contributed by atoms with Gasteiger partial charge in [-0.3, -0.25) is 0 Å². The van der Waals surface area contributed by atoms with E-state index in [0.717, 1.165) is 18.7 Å². The predicted octanol–water partition coefficient (Wildman–Crippen LogP) is 0.115. The van der Waals surface area contributed by atoms with Crippen molar-refractivity contribution < 1.29 is 4.74 Å². The molecule has 1 N–H and O–H groups in total. The van der Waals surface area contributed by atoms with Gasteiger partial charge in [0, 0.05) is 13.2 Å². The number of nitrogens with one attached hydrogen (secondary N) is 1. The molecule has 0 bridgehead atoms. The maximum absolute atomic E-state index is 5.13. The topological polar surface area (TPSA) is 64.9 Å². The van der Waals surface area contributed by atoms with Gasteiger partial charge in [-0.2, -0.15) is 4.80 Å². The van der Waals surface area contributed by atoms with E-state index in [0.29, 0.717) is 19.2 Å². The molecule has 0 radical (unpaired) electrons. The zero-order chi connectivity index (χ0) is 11.1. The van der Waals surface area contributed by atoms with E-state index in [1.54, 1.807) is 14.2 Å². The Hall–Kier alpha value is -1.01. The van der Waals surface area contributed by atoms with E-state index in [-0.39, 0.29) is 0 Å². The lowest BCUT2D eigenvalue weighted by molar-refractivity contribution is 0.161. The summed E-state index contributed by atoms with van der Waals surface area (Å²) in [5, 5.41) is 15.1. The number of methoxy groups -OCH3 is 1. The van der Waals surface area contributed by atoms with Crippen molar-refractivity contribution in [3.8, 4) is 0 Å². The Morgan fingerprint density at radius 3 is 2.87 bits per heavy atom. The first-order valence-corrected chi connectivity index (χ1v) is 5.21. The van der Waals surface area contributed by atoms with Crippen LogP contribution in [0.3, 0.4) is 0 Å². The summed E-state index contributed by atoms with van der Waals surface area (Å²) in [6.45, 7) is 3.51. The molecule has 1 aromatic heterocycles. The first-order valence-electron chi connectivity index (χ1n) is 5.21. The molecule has 1 heterocycles. The maximum atomic E-state index is 5.13. The molecule has 0 aliphatic heterocycles. The molecular weight excluding hydrogens is 194 g/mol. The molecule has 86 valence electrons. The second kappa shape index (κ2) is 6.47. The second-order valence-corrected chi connectivity index (χ2v) is 3.52. The zero-order valence-electron chi connectivity index (χ0n) is 9.60. The average molecular weight is 213 g/mol. The van der Waals surface area contributed by atoms with Gasteiger partial charge in [0.1, 0.15) is 0 Å². The van der Waals surface area contributed by atoms with E-state index in [4.69, 9.17) is 4.74 Å². The fourth-order valence-corrected chi connectivity index (χ4v) is 1.42. The molecule has 1 aromatic rings. The van der Waals surface area contributed by atoms with E-state index >= 15 is 0 Å². The highest BCUT2D eigenvalue weighted by Gasteiger charge is 2.08. The van der Waals surface area contributed by atoms with Crippen LogP contribution in [0.2, 0.25) is 0 Å². The van der Waals surface area contributed by atoms with E-state index in [9.17, 15) is 0 Å². The summed E-state index contributed by atoms with van der Waals surface area (Å²) >= 11 is 0. The fraction of sp³-hybridized carbons (Fsp3) is 0.889. The largest absolute Gasteiger partial charge is 0.383 e. The number of hydrogen-bond acceptors (Lipinski definition) is 5. The Labute approximate surface area is 90.0 Å². The Morgan fingerprint density at radius 2 is 2.33 bits per heavy atom. The van der Waals surface area contributed by atoms with Gasteiger partial charge in [-0.25, -0.2) is 0 Å². The van der Waals surface area contributed by atoms with Crippen LogP contribution in [0, 0.1) is 0 Å². The molecule has 1 rings (SSSR count). The van der Waals surface area contributed by atoms with Gasteiger partial charge in [-0.15, -0.1) is 10.2 Å². The van der Waals surface area contributed by atoms with Crippen LogP contribution in [-0.2, 0) is 18.3 Å². The normalized spacial score (nSPS) is 13.0. The molecule has 0 fully saturated rings. The third kappa shape index (κ3) is 4.35. The summed E-state index contributed by atoms with van der Waals surface area (Å²) in [6, 6.07) is 0.365. The molecule has 1 unspecified atom stereocenters. The van der Waals surface area contributed by atoms with Crippen molar-refractivity contribution in [3.63, 3.8) is 0 Å². The van der Waals surface area contributed by atoms with Crippen molar-refractivity contribution in [2.75, 3.05) is 13.7 Å². The minimum Gasteiger partial charge on any atom is -0.383 e. The maximum Gasteiger partial charge on any atom is 0.188 e. The number of ether oxygens (including phenoxy) is 1. The minimum atomic E-state index is 0.365. The summed E-state index contributed by atoms with van der Waals surface area (Å²) in [7, 11) is 3.47. The number of hydrogen-bond donors (Lipinski definition) is 1. The number of rotatable bonds is 7. The summed E-state index contributed by atoms with van der Waals surface area (Å²) in [4.78, 5) is 1.46. The number of nitrogens with zero attached hydrogens (tertiary/aromatic N) is 4. The fourth-order valence-electron chi connectivity index (χ4n) is 1.42. The van der Waals surface area contributed by atoms with Crippen LogP contribution in [-0.4, -0.2) is 40.0 Å². The van der Waals surface area contributed by atoms with Crippen molar-refractivity contribution >= 4 is 0 Å². The highest BCUT2D eigenvalue weighted by Crippen LogP contribution is 1.98. The first kappa shape index (κ1) is 12.1. The first-order chi connectivity index (χ1) is 7.26. The number of aromatic nitrogens is 4. The van der Waals surface area contributed by atoms with E-state index in [1.807, 2.05) is 0 Å². The molecule has 0 saturated heterocycles. The van der Waals surface area contributed by atoms with Crippen LogP contribution in [0.5, 0.6) is 0 Å². The van der Waals surface area contributed by atoms with Crippen LogP contribution in [0.25, 0.3) is 0 Å². The molecule has 0 aliphatic rings. The highest BCUT2D eigenvalue weighted by atomic mass is 16.5. The lowest BCUT2D eigenvalue weighted by Gasteiger charge is -2.15. The van der Waals surface area contributed by atoms with Gasteiger partial charge < -0.3 is 10.1 Å². The van der Waals surface area contributed by atoms with Gasteiger partial charge in [0.25, 0.3) is 0 Å². The Kier molecular flexibility index (Phi) is 5.20. The standard InChI is InChI=1S/C9H19N5O/c1-4-5-8(7-15-3)10-6-9-11-13-14(2)12-9/h8,10H,4-7H2,1-3H3. The molecule has 6 nitrogen and oxygen atoms in total. The zero-order valence-corrected chi connectivity index (χ0v) is 9.60. The molecule has 6 heteroatoms. The van der Waals surface area contributed by atoms with Crippen molar-refractivity contribution in [1.82, 2.24) is 25.5 Å². The van der Waals surface area contributed by atoms with Crippen LogP contribution >= 0.6 is 0 Å². The molecule has 0 aromatic carbocycles. The molecule has 0 amide bonds. The SMILES string of the molecule is CCCC(COC)NCc1nnn(C)n1. The smallest absolute Gasteiger partial charge is 0.188 e. The highest BCUT2D eigenvalue weighted by molar-refractivity contribution is 4.77. The summed E-state index contributed by atoms with van der Waals surface area (Å²) in [6.07, 6.45) is 2.23. The molecular formula is C9H19N5O. The monoisotopic (exact) mass is 213 g/mol. The Balaban J connectivity index is 2.32. The quantitative estimate of drug-likeness (QED) is 0.696. The van der Waals surface area contributed by atoms with E-state index in [1.165, 1.54) is 4.80 Å². The van der Waals surface area contributed by atoms with Gasteiger partial charge in [0.05, 0.1) is 20.2 Å². The number of aryl methyl sites for hydroxylation is 1. The van der Waals surface area contributed by atoms with E-state index in [2.05, 4.69) is 27.7 Å². The molecule has 0 saturated carbocycles. The van der Waals surface area contributed by atoms with Crippen molar-refractivity contribution in [3.05, 3.63) is 5.82 Å². The third-order valence-electron chi connectivity index (χ3n) is 2.10. The van der Waals surface area contributed by atoms with Crippen LogP contribution in [0.1, 0.15) is 25.6 Å². The van der Waals surface area contributed by atoms with Crippen molar-refractivity contribution in [1.29, 1.82) is 0 Å². The second-order valence-electron chi connectivity index (χ2n) is 3.52. The van der Waals surface area contributed by atoms with Crippen LogP contribution in [0.4, 0.5) is 0 Å². The predicted molar refractivity (Wildman–Crippen MR) is 56.2 cm³/mol. The average Bonchev–Trinajstić information content (AvgIpc) is 2.61. The van der Waals surface area contributed by atoms with Crippen LogP contribution < -0.4 is 5.32 Å². The summed E-state index contributed by atoms with van der Waals surface area (Å²) in [5.41, 5.74) is 0. The van der Waals surface area contributed by atoms with Gasteiger partial charge in [0.2, 0.25) is 0 Å². The minimum absolute atomic E-state index is 0.365. The molecule has 1 atom stereocenters. The van der Waals surface area contributed by atoms with Crippen molar-refractivity contribution in [2.45, 2.75) is 32.4 Å². The third-order valence-corrected chi connectivity index (χ3v) is 2.10. The van der Waals surface area contributed by atoms with Gasteiger partial charge in [-0.05, 0) is 11.6 Å². The number of tetrazole rings is 1. The Morgan fingerprint density at radius 1 is 1.53 bits per heavy atom. The Bertz CT molecular complexity index is 269. The summed E-state index contributed by atoms with van der Waals surface area (Å²) < 4.78 is 5.13. The van der Waals surface area contributed by atoms with Gasteiger partial charge >= 0.3 is 0 Å². The molecule has 0 spiro atoms. The lowest BCUT2D eigenvalue weighted by atomic mass is 10.2. The van der Waals surface area contributed by atoms with Crippen LogP contribution in [0.15, 0.2) is 0 Å². The van der Waals surface area contributed by atoms with Crippen molar-refractivity contribution in [2.24, 2.45) is 7.05 Å². The van der Waals surface area contributed by atoms with E-state index < -0.39 is 0 Å².